The number of carbonyl (C=O) groups is 1. The first-order valence-electron chi connectivity index (χ1n) is 6.55. The quantitative estimate of drug-likeness (QED) is 0.754. The first-order chi connectivity index (χ1) is 7.50. The van der Waals surface area contributed by atoms with Gasteiger partial charge in [0, 0.05) is 18.5 Å². The summed E-state index contributed by atoms with van der Waals surface area (Å²) in [6, 6.07) is 0.296. The Kier molecular flexibility index (Phi) is 5.26. The summed E-state index contributed by atoms with van der Waals surface area (Å²) in [7, 11) is 0. The largest absolute Gasteiger partial charge is 0.353 e. The molecule has 1 saturated carbocycles. The molecule has 3 N–H and O–H groups in total. The minimum absolute atomic E-state index is 0.0178. The molecule has 3 nitrogen and oxygen atoms in total. The van der Waals surface area contributed by atoms with Crippen molar-refractivity contribution >= 4 is 5.91 Å². The average molecular weight is 226 g/mol. The van der Waals surface area contributed by atoms with Crippen molar-refractivity contribution in [3.8, 4) is 0 Å². The van der Waals surface area contributed by atoms with E-state index in [1.165, 1.54) is 25.7 Å². The molecule has 0 aromatic heterocycles. The Bertz CT molecular complexity index is 222. The molecule has 2 unspecified atom stereocenters. The highest BCUT2D eigenvalue weighted by Crippen LogP contribution is 2.27. The topological polar surface area (TPSA) is 55.1 Å². The average Bonchev–Trinajstić information content (AvgIpc) is 2.69. The minimum Gasteiger partial charge on any atom is -0.353 e. The first-order valence-corrected chi connectivity index (χ1v) is 6.55. The fourth-order valence-corrected chi connectivity index (χ4v) is 2.34. The summed E-state index contributed by atoms with van der Waals surface area (Å²) in [5.41, 5.74) is 5.89. The summed E-state index contributed by atoms with van der Waals surface area (Å²) in [5, 5.41) is 3.09. The Morgan fingerprint density at radius 2 is 1.88 bits per heavy atom. The molecular weight excluding hydrogens is 200 g/mol. The predicted molar refractivity (Wildman–Crippen MR) is 67.0 cm³/mol. The normalized spacial score (nSPS) is 21.1. The van der Waals surface area contributed by atoms with Gasteiger partial charge in [-0.25, -0.2) is 0 Å². The molecule has 1 aliphatic carbocycles. The minimum atomic E-state index is -0.0178. The highest BCUT2D eigenvalue weighted by molar-refractivity contribution is 5.76. The van der Waals surface area contributed by atoms with E-state index in [-0.39, 0.29) is 11.9 Å². The maximum atomic E-state index is 11.7. The predicted octanol–water partition coefficient (Wildman–Crippen LogP) is 2.05. The van der Waals surface area contributed by atoms with E-state index in [2.05, 4.69) is 26.1 Å². The molecule has 1 aliphatic rings. The SMILES string of the molecule is CC(C)C(N)CC(=O)NC(C)C1CCCC1. The van der Waals surface area contributed by atoms with Crippen LogP contribution < -0.4 is 11.1 Å². The van der Waals surface area contributed by atoms with Crippen LogP contribution in [0.2, 0.25) is 0 Å². The van der Waals surface area contributed by atoms with Crippen LogP contribution in [0, 0.1) is 11.8 Å². The van der Waals surface area contributed by atoms with Gasteiger partial charge >= 0.3 is 0 Å². The Morgan fingerprint density at radius 1 is 1.31 bits per heavy atom. The van der Waals surface area contributed by atoms with Crippen LogP contribution in [-0.2, 0) is 4.79 Å². The second kappa shape index (κ2) is 6.24. The molecule has 0 aromatic carbocycles. The van der Waals surface area contributed by atoms with Crippen molar-refractivity contribution in [1.29, 1.82) is 0 Å². The van der Waals surface area contributed by atoms with Crippen LogP contribution in [0.4, 0.5) is 0 Å². The van der Waals surface area contributed by atoms with E-state index in [4.69, 9.17) is 5.73 Å². The van der Waals surface area contributed by atoms with Crippen molar-refractivity contribution in [1.82, 2.24) is 5.32 Å². The van der Waals surface area contributed by atoms with E-state index >= 15 is 0 Å². The summed E-state index contributed by atoms with van der Waals surface area (Å²) in [6.45, 7) is 6.23. The number of nitrogens with one attached hydrogen (secondary N) is 1. The maximum absolute atomic E-state index is 11.7. The molecule has 1 amide bonds. The fraction of sp³-hybridized carbons (Fsp3) is 0.923. The van der Waals surface area contributed by atoms with E-state index in [0.29, 0.717) is 24.3 Å². The highest BCUT2D eigenvalue weighted by atomic mass is 16.1. The van der Waals surface area contributed by atoms with Crippen LogP contribution in [-0.4, -0.2) is 18.0 Å². The van der Waals surface area contributed by atoms with E-state index in [9.17, 15) is 4.79 Å². The van der Waals surface area contributed by atoms with Gasteiger partial charge in [-0.1, -0.05) is 26.7 Å². The fourth-order valence-electron chi connectivity index (χ4n) is 2.34. The zero-order chi connectivity index (χ0) is 12.1. The van der Waals surface area contributed by atoms with Gasteiger partial charge in [0.15, 0.2) is 0 Å². The van der Waals surface area contributed by atoms with Crippen molar-refractivity contribution < 1.29 is 4.79 Å². The Balaban J connectivity index is 2.27. The van der Waals surface area contributed by atoms with E-state index in [0.717, 1.165) is 0 Å². The van der Waals surface area contributed by atoms with Crippen LogP contribution in [0.1, 0.15) is 52.9 Å². The van der Waals surface area contributed by atoms with Crippen LogP contribution in [0.15, 0.2) is 0 Å². The summed E-state index contributed by atoms with van der Waals surface area (Å²) in [5.74, 6) is 1.16. The molecule has 0 aromatic rings. The van der Waals surface area contributed by atoms with Crippen molar-refractivity contribution in [2.75, 3.05) is 0 Å². The molecule has 1 rings (SSSR count). The number of amides is 1. The number of hydrogen-bond acceptors (Lipinski definition) is 2. The molecule has 16 heavy (non-hydrogen) atoms. The van der Waals surface area contributed by atoms with Gasteiger partial charge in [0.25, 0.3) is 0 Å². The molecular formula is C13H26N2O. The maximum Gasteiger partial charge on any atom is 0.221 e. The van der Waals surface area contributed by atoms with Crippen LogP contribution >= 0.6 is 0 Å². The summed E-state index contributed by atoms with van der Waals surface area (Å²) in [6.07, 6.45) is 5.61. The number of carbonyl (C=O) groups excluding carboxylic acids is 1. The van der Waals surface area contributed by atoms with Crippen molar-refractivity contribution in [3.63, 3.8) is 0 Å². The molecule has 0 bridgehead atoms. The van der Waals surface area contributed by atoms with E-state index < -0.39 is 0 Å². The third-order valence-corrected chi connectivity index (χ3v) is 3.77. The third-order valence-electron chi connectivity index (χ3n) is 3.77. The third kappa shape index (κ3) is 4.12. The van der Waals surface area contributed by atoms with Crippen LogP contribution in [0.5, 0.6) is 0 Å². The summed E-state index contributed by atoms with van der Waals surface area (Å²) >= 11 is 0. The van der Waals surface area contributed by atoms with Gasteiger partial charge in [-0.15, -0.1) is 0 Å². The number of nitrogens with two attached hydrogens (primary N) is 1. The van der Waals surface area contributed by atoms with Gasteiger partial charge < -0.3 is 11.1 Å². The Hall–Kier alpha value is -0.570. The van der Waals surface area contributed by atoms with Crippen molar-refractivity contribution in [3.05, 3.63) is 0 Å². The van der Waals surface area contributed by atoms with Gasteiger partial charge in [0.1, 0.15) is 0 Å². The van der Waals surface area contributed by atoms with E-state index in [1.54, 1.807) is 0 Å². The highest BCUT2D eigenvalue weighted by Gasteiger charge is 2.23. The number of rotatable bonds is 5. The van der Waals surface area contributed by atoms with Gasteiger partial charge in [-0.3, -0.25) is 4.79 Å². The Morgan fingerprint density at radius 3 is 2.38 bits per heavy atom. The van der Waals surface area contributed by atoms with Crippen molar-refractivity contribution in [2.24, 2.45) is 17.6 Å². The summed E-state index contributed by atoms with van der Waals surface area (Å²) < 4.78 is 0. The molecule has 3 heteroatoms. The molecule has 0 heterocycles. The molecule has 0 spiro atoms. The smallest absolute Gasteiger partial charge is 0.221 e. The second-order valence-corrected chi connectivity index (χ2v) is 5.51. The lowest BCUT2D eigenvalue weighted by molar-refractivity contribution is -0.122. The van der Waals surface area contributed by atoms with Crippen LogP contribution in [0.25, 0.3) is 0 Å². The lowest BCUT2D eigenvalue weighted by Gasteiger charge is -2.22. The van der Waals surface area contributed by atoms with Gasteiger partial charge in [0.2, 0.25) is 5.91 Å². The van der Waals surface area contributed by atoms with Crippen molar-refractivity contribution in [2.45, 2.75) is 65.0 Å². The monoisotopic (exact) mass is 226 g/mol. The zero-order valence-corrected chi connectivity index (χ0v) is 10.8. The number of hydrogen-bond donors (Lipinski definition) is 2. The van der Waals surface area contributed by atoms with Crippen LogP contribution in [0.3, 0.4) is 0 Å². The lowest BCUT2D eigenvalue weighted by Crippen LogP contribution is -2.41. The molecule has 94 valence electrons. The van der Waals surface area contributed by atoms with Gasteiger partial charge in [-0.05, 0) is 31.6 Å². The first kappa shape index (κ1) is 13.5. The summed E-state index contributed by atoms with van der Waals surface area (Å²) in [4.78, 5) is 11.7. The molecule has 0 aliphatic heterocycles. The molecule has 1 fully saturated rings. The molecule has 0 radical (unpaired) electrons. The lowest BCUT2D eigenvalue weighted by atomic mass is 9.98. The standard InChI is InChI=1S/C13H26N2O/c1-9(2)12(14)8-13(16)15-10(3)11-6-4-5-7-11/h9-12H,4-8,14H2,1-3H3,(H,15,16). The Labute approximate surface area is 99.2 Å². The zero-order valence-electron chi connectivity index (χ0n) is 10.8. The second-order valence-electron chi connectivity index (χ2n) is 5.51. The molecule has 2 atom stereocenters. The van der Waals surface area contributed by atoms with Gasteiger partial charge in [-0.2, -0.15) is 0 Å². The van der Waals surface area contributed by atoms with Gasteiger partial charge in [0.05, 0.1) is 0 Å². The van der Waals surface area contributed by atoms with E-state index in [1.807, 2.05) is 0 Å². The molecule has 0 saturated heterocycles.